The fourth-order valence-corrected chi connectivity index (χ4v) is 2.45. The number of aromatic nitrogens is 2. The molecule has 2 aromatic rings. The summed E-state index contributed by atoms with van der Waals surface area (Å²) in [6, 6.07) is 10.3. The van der Waals surface area contributed by atoms with Gasteiger partial charge in [0.1, 0.15) is 0 Å². The van der Waals surface area contributed by atoms with E-state index in [1.807, 2.05) is 17.8 Å². The highest BCUT2D eigenvalue weighted by atomic mass is 16.7. The van der Waals surface area contributed by atoms with Gasteiger partial charge in [-0.3, -0.25) is 4.68 Å². The third kappa shape index (κ3) is 2.41. The van der Waals surface area contributed by atoms with Crippen molar-refractivity contribution in [2.75, 3.05) is 0 Å². The molecule has 0 atom stereocenters. The molecule has 21 heavy (non-hydrogen) atoms. The van der Waals surface area contributed by atoms with E-state index < -0.39 is 0 Å². The first-order valence-corrected chi connectivity index (χ1v) is 7.24. The number of aryl methyl sites for hydroxylation is 1. The first-order chi connectivity index (χ1) is 9.80. The van der Waals surface area contributed by atoms with Gasteiger partial charge in [0.15, 0.2) is 0 Å². The number of rotatable bonds is 2. The maximum absolute atomic E-state index is 6.06. The molecule has 1 aromatic heterocycles. The Bertz CT molecular complexity index is 631. The molecule has 1 aromatic carbocycles. The van der Waals surface area contributed by atoms with E-state index in [-0.39, 0.29) is 18.3 Å². The topological polar surface area (TPSA) is 36.3 Å². The van der Waals surface area contributed by atoms with Gasteiger partial charge in [0.25, 0.3) is 0 Å². The van der Waals surface area contributed by atoms with E-state index in [4.69, 9.17) is 9.31 Å². The van der Waals surface area contributed by atoms with Crippen LogP contribution in [0.1, 0.15) is 27.7 Å². The van der Waals surface area contributed by atoms with Crippen LogP contribution >= 0.6 is 0 Å². The Morgan fingerprint density at radius 3 is 2.00 bits per heavy atom. The predicted octanol–water partition coefficient (Wildman–Crippen LogP) is 2.39. The molecule has 1 aliphatic rings. The molecule has 1 saturated heterocycles. The van der Waals surface area contributed by atoms with Gasteiger partial charge < -0.3 is 9.31 Å². The first-order valence-electron chi connectivity index (χ1n) is 7.24. The molecule has 1 fully saturated rings. The van der Waals surface area contributed by atoms with Crippen molar-refractivity contribution in [3.8, 4) is 11.3 Å². The number of hydrogen-bond acceptors (Lipinski definition) is 3. The van der Waals surface area contributed by atoms with Gasteiger partial charge in [-0.1, -0.05) is 24.3 Å². The van der Waals surface area contributed by atoms with Crippen molar-refractivity contribution in [3.05, 3.63) is 36.5 Å². The lowest BCUT2D eigenvalue weighted by Gasteiger charge is -2.32. The molecule has 0 amide bonds. The minimum atomic E-state index is -0.310. The summed E-state index contributed by atoms with van der Waals surface area (Å²) in [4.78, 5) is 0. The number of nitrogens with zero attached hydrogens (tertiary/aromatic N) is 2. The zero-order valence-electron chi connectivity index (χ0n) is 13.3. The van der Waals surface area contributed by atoms with Crippen molar-refractivity contribution >= 4 is 12.6 Å². The van der Waals surface area contributed by atoms with Crippen LogP contribution in [0.3, 0.4) is 0 Å². The summed E-state index contributed by atoms with van der Waals surface area (Å²) < 4.78 is 14.0. The summed E-state index contributed by atoms with van der Waals surface area (Å²) in [6.07, 6.45) is 1.80. The van der Waals surface area contributed by atoms with Crippen molar-refractivity contribution in [2.45, 2.75) is 38.9 Å². The van der Waals surface area contributed by atoms with Crippen molar-refractivity contribution in [1.29, 1.82) is 0 Å². The highest BCUT2D eigenvalue weighted by Crippen LogP contribution is 2.36. The maximum Gasteiger partial charge on any atom is 0.494 e. The first kappa shape index (κ1) is 14.4. The summed E-state index contributed by atoms with van der Waals surface area (Å²) >= 11 is 0. The Balaban J connectivity index is 1.85. The third-order valence-electron chi connectivity index (χ3n) is 4.55. The third-order valence-corrected chi connectivity index (χ3v) is 4.55. The van der Waals surface area contributed by atoms with E-state index >= 15 is 0 Å². The van der Waals surface area contributed by atoms with E-state index in [2.05, 4.69) is 57.1 Å². The van der Waals surface area contributed by atoms with E-state index in [9.17, 15) is 0 Å². The van der Waals surface area contributed by atoms with Gasteiger partial charge in [-0.25, -0.2) is 0 Å². The molecule has 4 nitrogen and oxygen atoms in total. The van der Waals surface area contributed by atoms with E-state index in [0.29, 0.717) is 0 Å². The van der Waals surface area contributed by atoms with Crippen LogP contribution in [0, 0.1) is 0 Å². The molecule has 0 radical (unpaired) electrons. The van der Waals surface area contributed by atoms with E-state index in [1.54, 1.807) is 6.20 Å². The molecule has 5 heteroatoms. The van der Waals surface area contributed by atoms with Crippen LogP contribution in [0.25, 0.3) is 11.3 Å². The quantitative estimate of drug-likeness (QED) is 0.794. The average Bonchev–Trinajstić information content (AvgIpc) is 2.92. The standard InChI is InChI=1S/C16H21BN2O2/c1-15(2)16(3,4)21-17(20-15)13-8-6-12(7-9-13)14-10-11-18-19(14)5/h6-11H,1-5H3. The van der Waals surface area contributed by atoms with Crippen LogP contribution in [-0.2, 0) is 16.4 Å². The van der Waals surface area contributed by atoms with Gasteiger partial charge in [0.2, 0.25) is 0 Å². The lowest BCUT2D eigenvalue weighted by molar-refractivity contribution is 0.00578. The van der Waals surface area contributed by atoms with Gasteiger partial charge in [-0.15, -0.1) is 0 Å². The molecular weight excluding hydrogens is 263 g/mol. The van der Waals surface area contributed by atoms with Crippen LogP contribution < -0.4 is 5.46 Å². The van der Waals surface area contributed by atoms with Crippen LogP contribution in [0.15, 0.2) is 36.5 Å². The number of benzene rings is 1. The van der Waals surface area contributed by atoms with Crippen molar-refractivity contribution < 1.29 is 9.31 Å². The normalized spacial score (nSPS) is 20.0. The molecule has 2 heterocycles. The fraction of sp³-hybridized carbons (Fsp3) is 0.438. The Morgan fingerprint density at radius 1 is 0.952 bits per heavy atom. The Kier molecular flexibility index (Phi) is 3.22. The molecular formula is C16H21BN2O2. The van der Waals surface area contributed by atoms with Gasteiger partial charge in [-0.05, 0) is 44.8 Å². The SMILES string of the molecule is Cn1nccc1-c1ccc(B2OC(C)(C)C(C)(C)O2)cc1. The van der Waals surface area contributed by atoms with E-state index in [1.165, 1.54) is 0 Å². The van der Waals surface area contributed by atoms with Gasteiger partial charge >= 0.3 is 7.12 Å². The molecule has 0 saturated carbocycles. The van der Waals surface area contributed by atoms with E-state index in [0.717, 1.165) is 16.7 Å². The summed E-state index contributed by atoms with van der Waals surface area (Å²) in [5, 5.41) is 4.20. The minimum Gasteiger partial charge on any atom is -0.399 e. The van der Waals surface area contributed by atoms with Gasteiger partial charge in [0, 0.05) is 13.2 Å². The van der Waals surface area contributed by atoms with Crippen LogP contribution in [0.5, 0.6) is 0 Å². The summed E-state index contributed by atoms with van der Waals surface area (Å²) in [6.45, 7) is 8.27. The zero-order chi connectivity index (χ0) is 15.3. The predicted molar refractivity (Wildman–Crippen MR) is 84.4 cm³/mol. The molecule has 0 N–H and O–H groups in total. The van der Waals surface area contributed by atoms with Crippen molar-refractivity contribution in [3.63, 3.8) is 0 Å². The lowest BCUT2D eigenvalue weighted by Crippen LogP contribution is -2.41. The Morgan fingerprint density at radius 2 is 1.52 bits per heavy atom. The zero-order valence-corrected chi connectivity index (χ0v) is 13.3. The second-order valence-corrected chi connectivity index (χ2v) is 6.55. The van der Waals surface area contributed by atoms with Crippen LogP contribution in [0.2, 0.25) is 0 Å². The largest absolute Gasteiger partial charge is 0.494 e. The second-order valence-electron chi connectivity index (χ2n) is 6.55. The highest BCUT2D eigenvalue weighted by Gasteiger charge is 2.51. The van der Waals surface area contributed by atoms with Crippen molar-refractivity contribution in [1.82, 2.24) is 9.78 Å². The highest BCUT2D eigenvalue weighted by molar-refractivity contribution is 6.62. The second kappa shape index (κ2) is 4.72. The Labute approximate surface area is 126 Å². The Hall–Kier alpha value is -1.59. The van der Waals surface area contributed by atoms with Gasteiger partial charge in [0.05, 0.1) is 16.9 Å². The summed E-state index contributed by atoms with van der Waals surface area (Å²) in [5.41, 5.74) is 2.65. The van der Waals surface area contributed by atoms with Gasteiger partial charge in [-0.2, -0.15) is 5.10 Å². The summed E-state index contributed by atoms with van der Waals surface area (Å²) in [7, 11) is 1.63. The molecule has 0 spiro atoms. The molecule has 1 aliphatic heterocycles. The molecule has 0 aliphatic carbocycles. The monoisotopic (exact) mass is 284 g/mol. The fourth-order valence-electron chi connectivity index (χ4n) is 2.45. The lowest BCUT2D eigenvalue weighted by atomic mass is 9.79. The van der Waals surface area contributed by atoms with Crippen LogP contribution in [-0.4, -0.2) is 28.1 Å². The number of hydrogen-bond donors (Lipinski definition) is 0. The molecule has 110 valence electrons. The van der Waals surface area contributed by atoms with Crippen molar-refractivity contribution in [2.24, 2.45) is 7.05 Å². The summed E-state index contributed by atoms with van der Waals surface area (Å²) in [5.74, 6) is 0. The molecule has 0 unspecified atom stereocenters. The minimum absolute atomic E-state index is 0.307. The maximum atomic E-state index is 6.06. The average molecular weight is 284 g/mol. The smallest absolute Gasteiger partial charge is 0.399 e. The molecule has 0 bridgehead atoms. The van der Waals surface area contributed by atoms with Crippen LogP contribution in [0.4, 0.5) is 0 Å². The molecule has 3 rings (SSSR count).